The number of benzene rings is 3. The van der Waals surface area contributed by atoms with Gasteiger partial charge < -0.3 is 10.4 Å². The molecule has 4 rings (SSSR count). The van der Waals surface area contributed by atoms with E-state index in [1.165, 1.54) is 17.8 Å². The van der Waals surface area contributed by atoms with Crippen LogP contribution in [0.1, 0.15) is 12.5 Å². The number of fused-ring (bicyclic) bond motifs is 1. The summed E-state index contributed by atoms with van der Waals surface area (Å²) >= 11 is 1.40. The first-order valence-corrected chi connectivity index (χ1v) is 12.8. The van der Waals surface area contributed by atoms with Gasteiger partial charge in [-0.15, -0.1) is 0 Å². The average molecular weight is 481 g/mol. The average Bonchev–Trinajstić information content (AvgIpc) is 2.82. The Morgan fingerprint density at radius 3 is 2.36 bits per heavy atom. The van der Waals surface area contributed by atoms with E-state index in [1.54, 1.807) is 25.1 Å². The minimum Gasteiger partial charge on any atom is -0.394 e. The van der Waals surface area contributed by atoms with Crippen molar-refractivity contribution in [2.75, 3.05) is 16.6 Å². The molecule has 9 heteroatoms. The van der Waals surface area contributed by atoms with Gasteiger partial charge >= 0.3 is 0 Å². The van der Waals surface area contributed by atoms with Gasteiger partial charge in [0.2, 0.25) is 0 Å². The van der Waals surface area contributed by atoms with Crippen LogP contribution in [0.4, 0.5) is 11.6 Å². The molecule has 0 amide bonds. The number of aliphatic hydroxyl groups excluding tert-OH is 1. The van der Waals surface area contributed by atoms with Gasteiger partial charge in [-0.3, -0.25) is 4.72 Å². The molecule has 3 N–H and O–H groups in total. The molecule has 1 heterocycles. The molecule has 0 aliphatic heterocycles. The lowest BCUT2D eigenvalue weighted by Gasteiger charge is -2.14. The van der Waals surface area contributed by atoms with Crippen molar-refractivity contribution in [3.8, 4) is 0 Å². The summed E-state index contributed by atoms with van der Waals surface area (Å²) in [6.45, 7) is 1.71. The third kappa shape index (κ3) is 6.01. The number of aliphatic hydroxyl groups is 1. The summed E-state index contributed by atoms with van der Waals surface area (Å²) in [5.41, 5.74) is 1.10. The predicted octanol–water partition coefficient (Wildman–Crippen LogP) is 4.52. The van der Waals surface area contributed by atoms with E-state index in [9.17, 15) is 13.5 Å². The van der Waals surface area contributed by atoms with Crippen molar-refractivity contribution in [3.63, 3.8) is 0 Å². The van der Waals surface area contributed by atoms with Gasteiger partial charge in [0.15, 0.2) is 5.16 Å². The molecular weight excluding hydrogens is 456 g/mol. The van der Waals surface area contributed by atoms with Gasteiger partial charge in [0.1, 0.15) is 11.6 Å². The molecule has 0 aliphatic rings. The molecule has 0 aliphatic carbocycles. The van der Waals surface area contributed by atoms with Crippen molar-refractivity contribution < 1.29 is 13.5 Å². The number of nitrogens with one attached hydrogen (secondary N) is 2. The molecule has 4 aromatic rings. The van der Waals surface area contributed by atoms with Gasteiger partial charge in [0, 0.05) is 17.9 Å². The SMILES string of the molecule is C[C@H](CO)Nc1cc(NS(=O)(=O)c2ccc3ccccc3c2)nc(SCc2ccccc2)n1. The standard InChI is InChI=1S/C24H24N4O3S2/c1-17(15-29)25-22-14-23(27-24(26-22)32-16-18-7-3-2-4-8-18)28-33(30,31)21-12-11-19-9-5-6-10-20(19)13-21/h2-14,17,29H,15-16H2,1H3,(H2,25,26,27,28)/t17-/m1/s1. The first-order chi connectivity index (χ1) is 15.9. The van der Waals surface area contributed by atoms with E-state index in [-0.39, 0.29) is 23.4 Å². The fourth-order valence-electron chi connectivity index (χ4n) is 3.17. The van der Waals surface area contributed by atoms with E-state index >= 15 is 0 Å². The number of rotatable bonds is 9. The zero-order valence-corrected chi connectivity index (χ0v) is 19.6. The lowest BCUT2D eigenvalue weighted by Crippen LogP contribution is -2.21. The molecule has 7 nitrogen and oxygen atoms in total. The Hall–Kier alpha value is -3.14. The van der Waals surface area contributed by atoms with Crippen LogP contribution in [0.15, 0.2) is 88.9 Å². The molecular formula is C24H24N4O3S2. The second-order valence-corrected chi connectivity index (χ2v) is 10.2. The highest BCUT2D eigenvalue weighted by Gasteiger charge is 2.17. The monoisotopic (exact) mass is 480 g/mol. The largest absolute Gasteiger partial charge is 0.394 e. The van der Waals surface area contributed by atoms with Gasteiger partial charge in [-0.2, -0.15) is 0 Å². The van der Waals surface area contributed by atoms with Crippen LogP contribution in [0.25, 0.3) is 10.8 Å². The van der Waals surface area contributed by atoms with Crippen molar-refractivity contribution >= 4 is 44.2 Å². The maximum atomic E-state index is 13.1. The van der Waals surface area contributed by atoms with Crippen molar-refractivity contribution in [3.05, 3.63) is 84.4 Å². The van der Waals surface area contributed by atoms with Gasteiger partial charge in [0.25, 0.3) is 10.0 Å². The van der Waals surface area contributed by atoms with Gasteiger partial charge in [-0.05, 0) is 35.4 Å². The smallest absolute Gasteiger partial charge is 0.263 e. The molecule has 3 aromatic carbocycles. The second kappa shape index (κ2) is 10.2. The Bertz CT molecular complexity index is 1350. The predicted molar refractivity (Wildman–Crippen MR) is 133 cm³/mol. The fourth-order valence-corrected chi connectivity index (χ4v) is 5.01. The highest BCUT2D eigenvalue weighted by molar-refractivity contribution is 7.98. The third-order valence-electron chi connectivity index (χ3n) is 4.85. The van der Waals surface area contributed by atoms with Crippen LogP contribution in [-0.4, -0.2) is 36.1 Å². The highest BCUT2D eigenvalue weighted by atomic mass is 32.2. The van der Waals surface area contributed by atoms with Crippen LogP contribution in [0.2, 0.25) is 0 Å². The summed E-state index contributed by atoms with van der Waals surface area (Å²) in [5, 5.41) is 14.7. The minimum absolute atomic E-state index is 0.0886. The summed E-state index contributed by atoms with van der Waals surface area (Å²) in [6, 6.07) is 23.7. The summed E-state index contributed by atoms with van der Waals surface area (Å²) < 4.78 is 28.7. The lowest BCUT2D eigenvalue weighted by atomic mass is 10.1. The number of hydrogen-bond donors (Lipinski definition) is 3. The Morgan fingerprint density at radius 1 is 0.909 bits per heavy atom. The number of nitrogens with zero attached hydrogens (tertiary/aromatic N) is 2. The first-order valence-electron chi connectivity index (χ1n) is 10.4. The molecule has 0 unspecified atom stereocenters. The fraction of sp³-hybridized carbons (Fsp3) is 0.167. The summed E-state index contributed by atoms with van der Waals surface area (Å²) in [6.07, 6.45) is 0. The van der Waals surface area contributed by atoms with E-state index in [4.69, 9.17) is 0 Å². The Morgan fingerprint density at radius 2 is 1.61 bits per heavy atom. The number of anilines is 2. The molecule has 0 fully saturated rings. The Kier molecular flexibility index (Phi) is 7.12. The molecule has 0 spiro atoms. The van der Waals surface area contributed by atoms with Crippen LogP contribution in [-0.2, 0) is 15.8 Å². The van der Waals surface area contributed by atoms with Crippen LogP contribution < -0.4 is 10.0 Å². The Balaban J connectivity index is 1.61. The maximum Gasteiger partial charge on any atom is 0.263 e. The van der Waals surface area contributed by atoms with E-state index in [2.05, 4.69) is 20.0 Å². The zero-order valence-electron chi connectivity index (χ0n) is 18.0. The van der Waals surface area contributed by atoms with Crippen LogP contribution in [0.3, 0.4) is 0 Å². The zero-order chi connectivity index (χ0) is 23.3. The molecule has 1 atom stereocenters. The van der Waals surface area contributed by atoms with Crippen LogP contribution in [0.5, 0.6) is 0 Å². The molecule has 0 bridgehead atoms. The van der Waals surface area contributed by atoms with Gasteiger partial charge in [-0.25, -0.2) is 18.4 Å². The van der Waals surface area contributed by atoms with Crippen molar-refractivity contribution in [1.82, 2.24) is 9.97 Å². The number of hydrogen-bond acceptors (Lipinski definition) is 7. The van der Waals surface area contributed by atoms with Crippen molar-refractivity contribution in [2.45, 2.75) is 28.8 Å². The van der Waals surface area contributed by atoms with Crippen molar-refractivity contribution in [1.29, 1.82) is 0 Å². The maximum absolute atomic E-state index is 13.1. The van der Waals surface area contributed by atoms with Crippen LogP contribution in [0, 0.1) is 0 Å². The summed E-state index contributed by atoms with van der Waals surface area (Å²) in [4.78, 5) is 9.04. The van der Waals surface area contributed by atoms with Crippen molar-refractivity contribution in [2.24, 2.45) is 0 Å². The number of sulfonamides is 1. The highest BCUT2D eigenvalue weighted by Crippen LogP contribution is 2.26. The van der Waals surface area contributed by atoms with E-state index in [1.807, 2.05) is 54.6 Å². The minimum atomic E-state index is -3.87. The Labute approximate surface area is 197 Å². The second-order valence-electron chi connectivity index (χ2n) is 7.54. The van der Waals surface area contributed by atoms with E-state index in [0.717, 1.165) is 16.3 Å². The molecule has 170 valence electrons. The van der Waals surface area contributed by atoms with Gasteiger partial charge in [0.05, 0.1) is 11.5 Å². The van der Waals surface area contributed by atoms with E-state index < -0.39 is 10.0 Å². The number of aromatic nitrogens is 2. The normalized spacial score (nSPS) is 12.4. The summed E-state index contributed by atoms with van der Waals surface area (Å²) in [7, 11) is -3.87. The summed E-state index contributed by atoms with van der Waals surface area (Å²) in [5.74, 6) is 1.22. The van der Waals surface area contributed by atoms with E-state index in [0.29, 0.717) is 16.7 Å². The molecule has 33 heavy (non-hydrogen) atoms. The molecule has 0 radical (unpaired) electrons. The van der Waals surface area contributed by atoms with Gasteiger partial charge in [-0.1, -0.05) is 72.4 Å². The molecule has 1 aromatic heterocycles. The first kappa shape index (κ1) is 23.0. The molecule has 0 saturated carbocycles. The number of thioether (sulfide) groups is 1. The quantitative estimate of drug-likeness (QED) is 0.239. The van der Waals surface area contributed by atoms with Crippen LogP contribution >= 0.6 is 11.8 Å². The topological polar surface area (TPSA) is 104 Å². The molecule has 0 saturated heterocycles. The lowest BCUT2D eigenvalue weighted by molar-refractivity contribution is 0.281. The third-order valence-corrected chi connectivity index (χ3v) is 7.13.